The van der Waals surface area contributed by atoms with E-state index in [4.69, 9.17) is 10.8 Å². The third kappa shape index (κ3) is 3.32. The molecule has 4 nitrogen and oxygen atoms in total. The van der Waals surface area contributed by atoms with Crippen molar-refractivity contribution in [3.63, 3.8) is 0 Å². The first-order chi connectivity index (χ1) is 6.24. The van der Waals surface area contributed by atoms with Gasteiger partial charge >= 0.3 is 5.97 Å². The Hall–Kier alpha value is -0.610. The van der Waals surface area contributed by atoms with Crippen LogP contribution in [-0.2, 0) is 4.79 Å². The summed E-state index contributed by atoms with van der Waals surface area (Å²) in [6.45, 7) is 1.59. The summed E-state index contributed by atoms with van der Waals surface area (Å²) in [4.78, 5) is 10.6. The minimum Gasteiger partial charge on any atom is -0.480 e. The molecule has 0 aromatic carbocycles. The molecule has 13 heavy (non-hydrogen) atoms. The van der Waals surface area contributed by atoms with Gasteiger partial charge in [-0.05, 0) is 38.3 Å². The van der Waals surface area contributed by atoms with E-state index in [1.165, 1.54) is 0 Å². The van der Waals surface area contributed by atoms with Gasteiger partial charge < -0.3 is 16.2 Å². The van der Waals surface area contributed by atoms with Crippen molar-refractivity contribution in [3.05, 3.63) is 0 Å². The molecule has 1 rings (SSSR count). The van der Waals surface area contributed by atoms with E-state index in [-0.39, 0.29) is 6.04 Å². The lowest BCUT2D eigenvalue weighted by atomic mass is 9.99. The van der Waals surface area contributed by atoms with E-state index in [0.717, 1.165) is 38.8 Å². The van der Waals surface area contributed by atoms with E-state index >= 15 is 0 Å². The van der Waals surface area contributed by atoms with Crippen LogP contribution < -0.4 is 11.1 Å². The van der Waals surface area contributed by atoms with Gasteiger partial charge in [0.15, 0.2) is 0 Å². The zero-order valence-electron chi connectivity index (χ0n) is 7.83. The summed E-state index contributed by atoms with van der Waals surface area (Å²) in [6.07, 6.45) is 4.05. The molecule has 0 aromatic rings. The van der Waals surface area contributed by atoms with Gasteiger partial charge in [-0.3, -0.25) is 4.79 Å². The molecule has 1 fully saturated rings. The minimum absolute atomic E-state index is 0.317. The Kier molecular flexibility index (Phi) is 4.18. The number of unbranched alkanes of at least 4 members (excludes halogenated alkanes) is 1. The number of rotatable bonds is 5. The van der Waals surface area contributed by atoms with Gasteiger partial charge in [0.05, 0.1) is 0 Å². The van der Waals surface area contributed by atoms with Gasteiger partial charge in [-0.1, -0.05) is 6.42 Å². The van der Waals surface area contributed by atoms with Crippen LogP contribution in [0.3, 0.4) is 0 Å². The van der Waals surface area contributed by atoms with Crippen LogP contribution in [0.4, 0.5) is 0 Å². The van der Waals surface area contributed by atoms with Crippen LogP contribution in [0.25, 0.3) is 0 Å². The molecule has 4 heteroatoms. The van der Waals surface area contributed by atoms with Crippen molar-refractivity contribution in [2.24, 2.45) is 11.7 Å². The molecule has 1 aliphatic rings. The molecular formula is C9H18N2O2. The first-order valence-electron chi connectivity index (χ1n) is 4.90. The van der Waals surface area contributed by atoms with Crippen molar-refractivity contribution in [2.75, 3.05) is 13.1 Å². The van der Waals surface area contributed by atoms with Crippen LogP contribution in [-0.4, -0.2) is 30.2 Å². The lowest BCUT2D eigenvalue weighted by molar-refractivity contribution is -0.139. The molecule has 0 aliphatic carbocycles. The van der Waals surface area contributed by atoms with Crippen molar-refractivity contribution in [3.8, 4) is 0 Å². The minimum atomic E-state index is -0.721. The van der Waals surface area contributed by atoms with Crippen molar-refractivity contribution < 1.29 is 9.90 Å². The second-order valence-electron chi connectivity index (χ2n) is 3.69. The van der Waals surface area contributed by atoms with Crippen LogP contribution >= 0.6 is 0 Å². The van der Waals surface area contributed by atoms with Gasteiger partial charge in [-0.25, -0.2) is 0 Å². The van der Waals surface area contributed by atoms with E-state index in [1.54, 1.807) is 0 Å². The highest BCUT2D eigenvalue weighted by atomic mass is 16.4. The van der Waals surface area contributed by atoms with Gasteiger partial charge in [0, 0.05) is 0 Å². The summed E-state index contributed by atoms with van der Waals surface area (Å²) in [7, 11) is 0. The number of carbonyl (C=O) groups is 1. The first-order valence-corrected chi connectivity index (χ1v) is 4.90. The molecule has 0 aromatic heterocycles. The quantitative estimate of drug-likeness (QED) is 0.535. The summed E-state index contributed by atoms with van der Waals surface area (Å²) >= 11 is 0. The SMILES string of the molecule is NCCCC[C@H]1CN[C@H](C(=O)O)C1. The molecule has 4 N–H and O–H groups in total. The largest absolute Gasteiger partial charge is 0.480 e. The lowest BCUT2D eigenvalue weighted by Gasteiger charge is -2.06. The molecule has 0 spiro atoms. The van der Waals surface area contributed by atoms with Crippen LogP contribution in [0.5, 0.6) is 0 Å². The molecule has 1 aliphatic heterocycles. The maximum absolute atomic E-state index is 10.6. The maximum atomic E-state index is 10.6. The predicted molar refractivity (Wildman–Crippen MR) is 50.4 cm³/mol. The second kappa shape index (κ2) is 5.19. The Balaban J connectivity index is 2.14. The van der Waals surface area contributed by atoms with Crippen LogP contribution in [0.2, 0.25) is 0 Å². The highest BCUT2D eigenvalue weighted by molar-refractivity contribution is 5.73. The summed E-state index contributed by atoms with van der Waals surface area (Å²) < 4.78 is 0. The first kappa shape index (κ1) is 10.5. The number of carboxylic acid groups (broad SMARTS) is 1. The van der Waals surface area contributed by atoms with Crippen LogP contribution in [0.1, 0.15) is 25.7 Å². The average molecular weight is 186 g/mol. The molecule has 0 saturated carbocycles. The number of carboxylic acids is 1. The van der Waals surface area contributed by atoms with Crippen molar-refractivity contribution in [2.45, 2.75) is 31.7 Å². The molecule has 0 amide bonds. The van der Waals surface area contributed by atoms with Crippen molar-refractivity contribution in [1.82, 2.24) is 5.32 Å². The summed E-state index contributed by atoms with van der Waals surface area (Å²) in [5, 5.41) is 11.7. The third-order valence-electron chi connectivity index (χ3n) is 2.59. The van der Waals surface area contributed by atoms with Gasteiger partial charge in [0.2, 0.25) is 0 Å². The Labute approximate surface area is 78.5 Å². The van der Waals surface area contributed by atoms with Gasteiger partial charge in [0.1, 0.15) is 6.04 Å². The highest BCUT2D eigenvalue weighted by Gasteiger charge is 2.28. The Bertz CT molecular complexity index is 173. The third-order valence-corrected chi connectivity index (χ3v) is 2.59. The van der Waals surface area contributed by atoms with Crippen molar-refractivity contribution >= 4 is 5.97 Å². The van der Waals surface area contributed by atoms with Crippen LogP contribution in [0.15, 0.2) is 0 Å². The van der Waals surface area contributed by atoms with E-state index in [9.17, 15) is 4.79 Å². The maximum Gasteiger partial charge on any atom is 0.320 e. The molecule has 1 saturated heterocycles. The normalized spacial score (nSPS) is 27.8. The number of nitrogens with two attached hydrogens (primary N) is 1. The van der Waals surface area contributed by atoms with Gasteiger partial charge in [-0.2, -0.15) is 0 Å². The molecule has 1 heterocycles. The molecule has 2 atom stereocenters. The smallest absolute Gasteiger partial charge is 0.320 e. The summed E-state index contributed by atoms with van der Waals surface area (Å²) in [5.41, 5.74) is 5.38. The Morgan fingerprint density at radius 2 is 2.31 bits per heavy atom. The van der Waals surface area contributed by atoms with Crippen LogP contribution in [0, 0.1) is 5.92 Å². The average Bonchev–Trinajstić information content (AvgIpc) is 2.53. The van der Waals surface area contributed by atoms with Crippen molar-refractivity contribution in [1.29, 1.82) is 0 Å². The zero-order chi connectivity index (χ0) is 9.68. The lowest BCUT2D eigenvalue weighted by Crippen LogP contribution is -2.29. The number of nitrogens with one attached hydrogen (secondary N) is 1. The monoisotopic (exact) mass is 186 g/mol. The predicted octanol–water partition coefficient (Wildman–Crippen LogP) is 0.178. The molecule has 0 unspecified atom stereocenters. The number of hydrogen-bond donors (Lipinski definition) is 3. The fraction of sp³-hybridized carbons (Fsp3) is 0.889. The summed E-state index contributed by atoms with van der Waals surface area (Å²) in [5.74, 6) is -0.186. The molecular weight excluding hydrogens is 168 g/mol. The second-order valence-corrected chi connectivity index (χ2v) is 3.69. The molecule has 0 radical (unpaired) electrons. The fourth-order valence-electron chi connectivity index (χ4n) is 1.79. The van der Waals surface area contributed by atoms with E-state index in [0.29, 0.717) is 5.92 Å². The van der Waals surface area contributed by atoms with Gasteiger partial charge in [0.25, 0.3) is 0 Å². The number of aliphatic carboxylic acids is 1. The van der Waals surface area contributed by atoms with E-state index < -0.39 is 5.97 Å². The Morgan fingerprint density at radius 3 is 2.85 bits per heavy atom. The zero-order valence-corrected chi connectivity index (χ0v) is 7.83. The Morgan fingerprint density at radius 1 is 1.54 bits per heavy atom. The number of hydrogen-bond acceptors (Lipinski definition) is 3. The molecule has 76 valence electrons. The fourth-order valence-corrected chi connectivity index (χ4v) is 1.79. The highest BCUT2D eigenvalue weighted by Crippen LogP contribution is 2.19. The molecule has 0 bridgehead atoms. The van der Waals surface area contributed by atoms with Gasteiger partial charge in [-0.15, -0.1) is 0 Å². The van der Waals surface area contributed by atoms with E-state index in [2.05, 4.69) is 5.32 Å². The standard InChI is InChI=1S/C9H18N2O2/c10-4-2-1-3-7-5-8(9(12)13)11-6-7/h7-8,11H,1-6,10H2,(H,12,13)/t7-,8+/m1/s1. The summed E-state index contributed by atoms with van der Waals surface area (Å²) in [6, 6.07) is -0.317. The van der Waals surface area contributed by atoms with E-state index in [1.807, 2.05) is 0 Å². The topological polar surface area (TPSA) is 75.3 Å².